The van der Waals surface area contributed by atoms with Crippen LogP contribution < -0.4 is 0 Å². The maximum Gasteiger partial charge on any atom is 0.316 e. The third-order valence-electron chi connectivity index (χ3n) is 5.84. The van der Waals surface area contributed by atoms with Gasteiger partial charge in [0.25, 0.3) is 9.28 Å². The Labute approximate surface area is 282 Å². The summed E-state index contributed by atoms with van der Waals surface area (Å²) in [5.74, 6) is 0.187. The second-order valence-corrected chi connectivity index (χ2v) is 28.6. The number of aromatic hydroxyl groups is 1. The van der Waals surface area contributed by atoms with E-state index in [1.807, 2.05) is 12.1 Å². The lowest BCUT2D eigenvalue weighted by molar-refractivity contribution is 0.343. The van der Waals surface area contributed by atoms with E-state index in [0.717, 1.165) is 29.1 Å². The molecule has 2 atom stereocenters. The van der Waals surface area contributed by atoms with Crippen molar-refractivity contribution in [1.29, 1.82) is 0 Å². The number of hydrogen-bond donors (Lipinski definition) is 1. The van der Waals surface area contributed by atoms with Gasteiger partial charge >= 0.3 is 8.56 Å². The molecule has 1 heterocycles. The summed E-state index contributed by atoms with van der Waals surface area (Å²) in [6.07, 6.45) is 0.754. The number of aromatic nitrogens is 3. The van der Waals surface area contributed by atoms with Crippen molar-refractivity contribution in [3.63, 3.8) is 0 Å². The Kier molecular flexibility index (Phi) is 20.4. The van der Waals surface area contributed by atoms with Crippen LogP contribution in [0.4, 0.5) is 0 Å². The second kappa shape index (κ2) is 18.1. The molecule has 0 amide bonds. The number of phenolic OH excluding ortho intramolecular Hbond substituents is 1. The van der Waals surface area contributed by atoms with E-state index in [-0.39, 0.29) is 55.7 Å². The fourth-order valence-electron chi connectivity index (χ4n) is 4.57. The summed E-state index contributed by atoms with van der Waals surface area (Å²) in [6, 6.07) is 10.3. The van der Waals surface area contributed by atoms with Crippen LogP contribution in [0.25, 0.3) is 16.7 Å². The van der Waals surface area contributed by atoms with Gasteiger partial charge in [-0.15, -0.1) is 15.0 Å². The van der Waals surface area contributed by atoms with Crippen molar-refractivity contribution < 1.29 is 17.5 Å². The van der Waals surface area contributed by atoms with Crippen molar-refractivity contribution in [2.75, 3.05) is 0 Å². The van der Waals surface area contributed by atoms with E-state index < -0.39 is 34.5 Å². The van der Waals surface area contributed by atoms with Gasteiger partial charge < -0.3 is 17.5 Å². The number of phenols is 1. The highest BCUT2D eigenvalue weighted by molar-refractivity contribution is 6.85. The monoisotopic (exact) mass is 705 g/mol. The summed E-state index contributed by atoms with van der Waals surface area (Å²) in [6.45, 7) is 23.8. The van der Waals surface area contributed by atoms with Crippen LogP contribution >= 0.6 is 11.6 Å². The average molecular weight is 707 g/mol. The zero-order chi connectivity index (χ0) is 28.7. The highest BCUT2D eigenvalue weighted by Crippen LogP contribution is 2.37. The van der Waals surface area contributed by atoms with Gasteiger partial charge in [-0.05, 0) is 100 Å². The number of benzene rings is 2. The Morgan fingerprint density at radius 1 is 0.818 bits per heavy atom. The molecule has 3 aromatic rings. The van der Waals surface area contributed by atoms with Crippen molar-refractivity contribution in [3.8, 4) is 11.4 Å². The Balaban J connectivity index is -0.00000133. The van der Waals surface area contributed by atoms with Gasteiger partial charge in [0.1, 0.15) is 22.5 Å². The van der Waals surface area contributed by atoms with Crippen LogP contribution in [-0.2, 0) is 24.2 Å². The van der Waals surface area contributed by atoms with Crippen LogP contribution in [0, 0.1) is 0 Å². The summed E-state index contributed by atoms with van der Waals surface area (Å²) >= 11 is 6.17. The zero-order valence-corrected chi connectivity index (χ0v) is 29.7. The number of rotatable bonds is 10. The summed E-state index contributed by atoms with van der Waals surface area (Å²) in [4.78, 5) is 1.51. The van der Waals surface area contributed by atoms with Crippen LogP contribution in [0.1, 0.15) is 76.5 Å². The maximum atomic E-state index is 11.3. The molecule has 0 bridgehead atoms. The molecule has 44 heavy (non-hydrogen) atoms. The van der Waals surface area contributed by atoms with E-state index in [0.29, 0.717) is 16.2 Å². The molecule has 2 aromatic carbocycles. The number of halogens is 1. The third kappa shape index (κ3) is 14.0. The number of aryl methyl sites for hydroxylation is 1. The lowest BCUT2D eigenvalue weighted by Gasteiger charge is -2.37. The van der Waals surface area contributed by atoms with E-state index >= 15 is 0 Å². The lowest BCUT2D eigenvalue weighted by Crippen LogP contribution is -2.52. The Hall–Kier alpha value is -1.32. The van der Waals surface area contributed by atoms with Crippen molar-refractivity contribution in [1.82, 2.24) is 15.0 Å². The first-order valence-corrected chi connectivity index (χ1v) is 25.0. The van der Waals surface area contributed by atoms with E-state index in [9.17, 15) is 5.11 Å². The molecule has 0 radical (unpaired) electrons. The zero-order valence-electron chi connectivity index (χ0n) is 24.8. The van der Waals surface area contributed by atoms with Gasteiger partial charge in [0.15, 0.2) is 16.6 Å². The molecule has 0 aliphatic heterocycles. The summed E-state index contributed by atoms with van der Waals surface area (Å²) < 4.78 is 19.8. The minimum atomic E-state index is -2.53. The fraction of sp³-hybridized carbons (Fsp3) is 0.625. The standard InChI is InChI=1S/C26H44ClN3O4Si4.6CH4/c1-26(2,3)21-16-19(14-15-38(11,34-37(8,9)10)33-35(4)32-36(5,6)7)17-24(25(21)31)30-28-22-13-12-20(27)18-23(22)29-30;;;;;;/h12-13,16-18,31,35H,14-15H2,1-11H3;6*1H4. The molecule has 1 N–H and O–H groups in total. The molecule has 0 spiro atoms. The Morgan fingerprint density at radius 2 is 1.36 bits per heavy atom. The molecule has 3 rings (SSSR count). The SMILES string of the molecule is C.C.C.C.C.C.C[SiH](O[Si](C)(C)C)O[Si](C)(CCc1cc(-n2nc3ccc(Cl)cc3n2)c(O)c(C(C)(C)C)c1)O[Si](C)(C)C. The molecular formula is C32H68ClN3O4Si4. The van der Waals surface area contributed by atoms with Gasteiger partial charge in [-0.1, -0.05) is 83.0 Å². The average Bonchev–Trinajstić information content (AvgIpc) is 3.12. The molecular weight excluding hydrogens is 638 g/mol. The van der Waals surface area contributed by atoms with Gasteiger partial charge in [-0.2, -0.15) is 0 Å². The van der Waals surface area contributed by atoms with Gasteiger partial charge in [0.05, 0.1) is 0 Å². The first-order chi connectivity index (χ1) is 17.2. The molecule has 0 saturated heterocycles. The molecule has 0 aliphatic rings. The first-order valence-electron chi connectivity index (χ1n) is 13.2. The molecule has 0 fully saturated rings. The molecule has 258 valence electrons. The number of hydrogen-bond acceptors (Lipinski definition) is 6. The van der Waals surface area contributed by atoms with Crippen LogP contribution in [0.15, 0.2) is 30.3 Å². The highest BCUT2D eigenvalue weighted by atomic mass is 35.5. The van der Waals surface area contributed by atoms with E-state index in [4.69, 9.17) is 23.9 Å². The minimum absolute atomic E-state index is 0. The Bertz CT molecular complexity index is 1290. The summed E-state index contributed by atoms with van der Waals surface area (Å²) in [7, 11) is -7.93. The summed E-state index contributed by atoms with van der Waals surface area (Å²) in [5, 5.41) is 21.2. The van der Waals surface area contributed by atoms with E-state index in [1.165, 1.54) is 4.80 Å². The largest absolute Gasteiger partial charge is 0.505 e. The second-order valence-electron chi connectivity index (χ2n) is 13.1. The normalized spacial score (nSPS) is 13.5. The van der Waals surface area contributed by atoms with Gasteiger partial charge in [-0.25, -0.2) is 0 Å². The maximum absolute atomic E-state index is 11.3. The molecule has 2 unspecified atom stereocenters. The lowest BCUT2D eigenvalue weighted by atomic mass is 9.84. The first kappa shape index (κ1) is 49.6. The number of nitrogens with zero attached hydrogens (tertiary/aromatic N) is 3. The molecule has 7 nitrogen and oxygen atoms in total. The minimum Gasteiger partial charge on any atom is -0.505 e. The van der Waals surface area contributed by atoms with Crippen LogP contribution in [-0.4, -0.2) is 54.6 Å². The van der Waals surface area contributed by atoms with Crippen molar-refractivity contribution in [2.24, 2.45) is 0 Å². The number of fused-ring (bicyclic) bond motifs is 1. The molecule has 1 aromatic heterocycles. The van der Waals surface area contributed by atoms with Gasteiger partial charge in [0.2, 0.25) is 0 Å². The van der Waals surface area contributed by atoms with Crippen molar-refractivity contribution in [2.45, 2.75) is 136 Å². The predicted molar refractivity (Wildman–Crippen MR) is 208 cm³/mol. The van der Waals surface area contributed by atoms with Gasteiger partial charge in [0, 0.05) is 10.6 Å². The van der Waals surface area contributed by atoms with E-state index in [1.54, 1.807) is 12.1 Å². The molecule has 12 heteroatoms. The molecule has 0 aliphatic carbocycles. The summed E-state index contributed by atoms with van der Waals surface area (Å²) in [5.41, 5.74) is 3.62. The topological polar surface area (TPSA) is 78.6 Å². The molecule has 0 saturated carbocycles. The van der Waals surface area contributed by atoms with Crippen molar-refractivity contribution in [3.05, 3.63) is 46.5 Å². The van der Waals surface area contributed by atoms with Crippen LogP contribution in [0.2, 0.25) is 63.4 Å². The quantitative estimate of drug-likeness (QED) is 0.212. The highest BCUT2D eigenvalue weighted by Gasteiger charge is 2.39. The van der Waals surface area contributed by atoms with Crippen LogP contribution in [0.3, 0.4) is 0 Å². The Morgan fingerprint density at radius 3 is 1.86 bits per heavy atom. The van der Waals surface area contributed by atoms with Crippen molar-refractivity contribution >= 4 is 57.1 Å². The van der Waals surface area contributed by atoms with E-state index in [2.05, 4.69) is 89.4 Å². The fourth-order valence-corrected chi connectivity index (χ4v) is 19.6. The predicted octanol–water partition coefficient (Wildman–Crippen LogP) is 11.1. The third-order valence-corrected chi connectivity index (χ3v) is 18.9. The smallest absolute Gasteiger partial charge is 0.316 e. The van der Waals surface area contributed by atoms with Gasteiger partial charge in [-0.3, -0.25) is 0 Å². The van der Waals surface area contributed by atoms with Crippen LogP contribution in [0.5, 0.6) is 5.75 Å².